The Balaban J connectivity index is 2.37. The van der Waals surface area contributed by atoms with E-state index in [0.29, 0.717) is 10.7 Å². The van der Waals surface area contributed by atoms with Gasteiger partial charge in [-0.1, -0.05) is 17.8 Å². The van der Waals surface area contributed by atoms with Crippen LogP contribution in [0.3, 0.4) is 0 Å². The molecular formula is C12H9N3OS. The lowest BCUT2D eigenvalue weighted by molar-refractivity contribution is 0.936. The smallest absolute Gasteiger partial charge is 0.251 e. The van der Waals surface area contributed by atoms with Crippen LogP contribution in [0.5, 0.6) is 0 Å². The fraction of sp³-hybridized carbons (Fsp3) is 0.0833. The fourth-order valence-electron chi connectivity index (χ4n) is 1.33. The molecule has 0 atom stereocenters. The van der Waals surface area contributed by atoms with E-state index in [1.165, 1.54) is 24.0 Å². The molecule has 2 rings (SSSR count). The average molecular weight is 243 g/mol. The van der Waals surface area contributed by atoms with Crippen molar-refractivity contribution in [2.75, 3.05) is 0 Å². The first-order valence-electron chi connectivity index (χ1n) is 4.93. The van der Waals surface area contributed by atoms with Crippen molar-refractivity contribution in [1.82, 2.24) is 9.97 Å². The van der Waals surface area contributed by atoms with Crippen molar-refractivity contribution in [2.45, 2.75) is 17.0 Å². The lowest BCUT2D eigenvalue weighted by Gasteiger charge is -2.03. The molecule has 0 amide bonds. The van der Waals surface area contributed by atoms with Gasteiger partial charge in [-0.05, 0) is 24.6 Å². The van der Waals surface area contributed by atoms with Gasteiger partial charge in [0.25, 0.3) is 5.56 Å². The second kappa shape index (κ2) is 4.85. The maximum absolute atomic E-state index is 11.1. The molecule has 17 heavy (non-hydrogen) atoms. The van der Waals surface area contributed by atoms with E-state index in [-0.39, 0.29) is 5.56 Å². The molecule has 1 aromatic heterocycles. The van der Waals surface area contributed by atoms with Crippen molar-refractivity contribution >= 4 is 11.8 Å². The topological polar surface area (TPSA) is 69.5 Å². The number of rotatable bonds is 2. The van der Waals surface area contributed by atoms with E-state index in [9.17, 15) is 4.79 Å². The molecule has 1 heterocycles. The summed E-state index contributed by atoms with van der Waals surface area (Å²) in [6.07, 6.45) is 1.45. The van der Waals surface area contributed by atoms with Gasteiger partial charge in [0.05, 0.1) is 5.56 Å². The highest BCUT2D eigenvalue weighted by atomic mass is 32.2. The molecule has 1 aromatic carbocycles. The number of benzene rings is 1. The Morgan fingerprint density at radius 1 is 1.41 bits per heavy atom. The minimum absolute atomic E-state index is 0.201. The summed E-state index contributed by atoms with van der Waals surface area (Å²) >= 11 is 1.27. The van der Waals surface area contributed by atoms with Crippen molar-refractivity contribution in [3.63, 3.8) is 0 Å². The van der Waals surface area contributed by atoms with Crippen molar-refractivity contribution < 1.29 is 0 Å². The molecule has 0 fully saturated rings. The average Bonchev–Trinajstić information content (AvgIpc) is 2.31. The van der Waals surface area contributed by atoms with E-state index >= 15 is 0 Å². The van der Waals surface area contributed by atoms with Gasteiger partial charge >= 0.3 is 0 Å². The van der Waals surface area contributed by atoms with Gasteiger partial charge in [0.1, 0.15) is 6.07 Å². The van der Waals surface area contributed by atoms with Crippen molar-refractivity contribution in [1.29, 1.82) is 5.26 Å². The predicted octanol–water partition coefficient (Wildman–Crippen LogP) is 2.10. The first kappa shape index (κ1) is 11.4. The summed E-state index contributed by atoms with van der Waals surface area (Å²) in [5, 5.41) is 9.50. The largest absolute Gasteiger partial charge is 0.301 e. The highest BCUT2D eigenvalue weighted by molar-refractivity contribution is 7.99. The Labute approximate surface area is 102 Å². The summed E-state index contributed by atoms with van der Waals surface area (Å²) in [5.74, 6) is 0. The maximum Gasteiger partial charge on any atom is 0.251 e. The number of nitrogens with one attached hydrogen (secondary N) is 1. The molecule has 0 radical (unpaired) electrons. The number of hydrogen-bond acceptors (Lipinski definition) is 4. The predicted molar refractivity (Wildman–Crippen MR) is 64.9 cm³/mol. The number of hydrogen-bond donors (Lipinski definition) is 1. The monoisotopic (exact) mass is 243 g/mol. The van der Waals surface area contributed by atoms with E-state index < -0.39 is 0 Å². The molecule has 5 heteroatoms. The number of aromatic amines is 1. The SMILES string of the molecule is Cc1ccc(Sc2nccc(=O)[nH]2)c(C#N)c1. The van der Waals surface area contributed by atoms with Crippen LogP contribution in [0, 0.1) is 18.3 Å². The molecule has 1 N–H and O–H groups in total. The molecule has 0 bridgehead atoms. The van der Waals surface area contributed by atoms with Gasteiger partial charge in [-0.25, -0.2) is 4.98 Å². The molecule has 2 aromatic rings. The third-order valence-corrected chi connectivity index (χ3v) is 3.09. The Morgan fingerprint density at radius 3 is 2.94 bits per heavy atom. The minimum atomic E-state index is -0.201. The van der Waals surface area contributed by atoms with Crippen molar-refractivity contribution in [3.05, 3.63) is 51.9 Å². The third-order valence-electron chi connectivity index (χ3n) is 2.11. The van der Waals surface area contributed by atoms with Gasteiger partial charge in [0.2, 0.25) is 0 Å². The van der Waals surface area contributed by atoms with Gasteiger partial charge < -0.3 is 4.98 Å². The number of nitrogens with zero attached hydrogens (tertiary/aromatic N) is 2. The van der Waals surface area contributed by atoms with Gasteiger partial charge in [-0.3, -0.25) is 4.79 Å². The second-order valence-corrected chi connectivity index (χ2v) is 4.48. The molecule has 0 aliphatic heterocycles. The zero-order chi connectivity index (χ0) is 12.3. The van der Waals surface area contributed by atoms with Crippen LogP contribution < -0.4 is 5.56 Å². The summed E-state index contributed by atoms with van der Waals surface area (Å²) in [6, 6.07) is 9.06. The Hall–Kier alpha value is -2.06. The van der Waals surface area contributed by atoms with Crippen LogP contribution in [0.2, 0.25) is 0 Å². The van der Waals surface area contributed by atoms with Crippen LogP contribution in [0.1, 0.15) is 11.1 Å². The van der Waals surface area contributed by atoms with Crippen LogP contribution in [-0.4, -0.2) is 9.97 Å². The zero-order valence-electron chi connectivity index (χ0n) is 9.10. The van der Waals surface area contributed by atoms with Crippen molar-refractivity contribution in [2.24, 2.45) is 0 Å². The van der Waals surface area contributed by atoms with E-state index in [1.54, 1.807) is 0 Å². The summed E-state index contributed by atoms with van der Waals surface area (Å²) < 4.78 is 0. The number of H-pyrrole nitrogens is 1. The summed E-state index contributed by atoms with van der Waals surface area (Å²) in [6.45, 7) is 1.93. The first-order valence-corrected chi connectivity index (χ1v) is 5.74. The zero-order valence-corrected chi connectivity index (χ0v) is 9.91. The van der Waals surface area contributed by atoms with Gasteiger partial charge in [0, 0.05) is 17.2 Å². The Kier molecular flexibility index (Phi) is 3.26. The first-order chi connectivity index (χ1) is 8.19. The number of aryl methyl sites for hydroxylation is 1. The van der Waals surface area contributed by atoms with E-state index in [2.05, 4.69) is 16.0 Å². The lowest BCUT2D eigenvalue weighted by atomic mass is 10.2. The van der Waals surface area contributed by atoms with E-state index in [1.807, 2.05) is 25.1 Å². The molecule has 0 aliphatic carbocycles. The minimum Gasteiger partial charge on any atom is -0.301 e. The van der Waals surface area contributed by atoms with Crippen LogP contribution in [0.25, 0.3) is 0 Å². The van der Waals surface area contributed by atoms with Gasteiger partial charge in [-0.15, -0.1) is 0 Å². The molecule has 0 spiro atoms. The lowest BCUT2D eigenvalue weighted by Crippen LogP contribution is -2.05. The molecule has 4 nitrogen and oxygen atoms in total. The third kappa shape index (κ3) is 2.74. The van der Waals surface area contributed by atoms with E-state index in [4.69, 9.17) is 5.26 Å². The molecule has 0 unspecified atom stereocenters. The molecule has 0 saturated heterocycles. The summed E-state index contributed by atoms with van der Waals surface area (Å²) in [4.78, 5) is 18.5. The van der Waals surface area contributed by atoms with Crippen molar-refractivity contribution in [3.8, 4) is 6.07 Å². The van der Waals surface area contributed by atoms with Crippen LogP contribution in [0.4, 0.5) is 0 Å². The van der Waals surface area contributed by atoms with Crippen LogP contribution >= 0.6 is 11.8 Å². The van der Waals surface area contributed by atoms with Crippen LogP contribution in [0.15, 0.2) is 45.3 Å². The fourth-order valence-corrected chi connectivity index (χ4v) is 2.15. The summed E-state index contributed by atoms with van der Waals surface area (Å²) in [7, 11) is 0. The molecular weight excluding hydrogens is 234 g/mol. The van der Waals surface area contributed by atoms with Gasteiger partial charge in [0.15, 0.2) is 5.16 Å². The standard InChI is InChI=1S/C12H9N3OS/c1-8-2-3-10(9(6-8)7-13)17-12-14-5-4-11(16)15-12/h2-6H,1H3,(H,14,15,16). The van der Waals surface area contributed by atoms with E-state index in [0.717, 1.165) is 10.5 Å². The summed E-state index contributed by atoms with van der Waals surface area (Å²) in [5.41, 5.74) is 1.41. The maximum atomic E-state index is 11.1. The molecule has 84 valence electrons. The quantitative estimate of drug-likeness (QED) is 0.820. The molecule has 0 saturated carbocycles. The normalized spacial score (nSPS) is 9.88. The Bertz CT molecular complexity index is 643. The Morgan fingerprint density at radius 2 is 2.24 bits per heavy atom. The second-order valence-electron chi connectivity index (χ2n) is 3.45. The highest BCUT2D eigenvalue weighted by Gasteiger charge is 2.05. The van der Waals surface area contributed by atoms with Crippen LogP contribution in [-0.2, 0) is 0 Å². The van der Waals surface area contributed by atoms with Gasteiger partial charge in [-0.2, -0.15) is 5.26 Å². The number of aromatic nitrogens is 2. The number of nitriles is 1. The highest BCUT2D eigenvalue weighted by Crippen LogP contribution is 2.27. The molecule has 0 aliphatic rings.